The summed E-state index contributed by atoms with van der Waals surface area (Å²) in [5.41, 5.74) is 4.73. The van der Waals surface area contributed by atoms with E-state index in [1.807, 2.05) is 12.1 Å². The molecule has 1 fully saturated rings. The van der Waals surface area contributed by atoms with Crippen LogP contribution in [0.1, 0.15) is 34.7 Å². The average molecular weight is 501 g/mol. The maximum atomic E-state index is 13.2. The van der Waals surface area contributed by atoms with Crippen LogP contribution in [0.15, 0.2) is 48.8 Å². The fraction of sp³-hybridized carbons (Fsp3) is 0.261. The highest BCUT2D eigenvalue weighted by atomic mass is 32.2. The van der Waals surface area contributed by atoms with Crippen molar-refractivity contribution in [2.24, 2.45) is 0 Å². The van der Waals surface area contributed by atoms with Crippen molar-refractivity contribution in [2.45, 2.75) is 18.8 Å². The normalized spacial score (nSPS) is 13.3. The average Bonchev–Trinajstić information content (AvgIpc) is 3.66. The van der Waals surface area contributed by atoms with Gasteiger partial charge in [-0.1, -0.05) is 6.07 Å². The van der Waals surface area contributed by atoms with Gasteiger partial charge in [0.1, 0.15) is 17.5 Å². The summed E-state index contributed by atoms with van der Waals surface area (Å²) < 4.78 is 39.1. The molecular weight excluding hydrogens is 475 g/mol. The summed E-state index contributed by atoms with van der Waals surface area (Å²) in [6.07, 6.45) is 5.65. The number of pyridine rings is 2. The molecule has 1 aliphatic carbocycles. The van der Waals surface area contributed by atoms with Crippen LogP contribution in [0.2, 0.25) is 0 Å². The number of sulfonamides is 1. The number of amides is 1. The predicted octanol–water partition coefficient (Wildman–Crippen LogP) is 3.67. The monoisotopic (exact) mass is 500 g/mol. The number of nitrogens with zero attached hydrogens (tertiary/aromatic N) is 3. The Labute approximate surface area is 202 Å². The van der Waals surface area contributed by atoms with E-state index in [1.54, 1.807) is 12.1 Å². The zero-order chi connectivity index (χ0) is 25.2. The van der Waals surface area contributed by atoms with E-state index in [2.05, 4.69) is 26.1 Å². The van der Waals surface area contributed by atoms with Crippen LogP contribution >= 0.6 is 0 Å². The van der Waals surface area contributed by atoms with Gasteiger partial charge in [0.2, 0.25) is 10.0 Å². The van der Waals surface area contributed by atoms with Gasteiger partial charge in [-0.3, -0.25) is 13.9 Å². The topological polar surface area (TPSA) is 126 Å². The van der Waals surface area contributed by atoms with Crippen LogP contribution in [-0.4, -0.2) is 44.7 Å². The summed E-state index contributed by atoms with van der Waals surface area (Å²) in [5.74, 6) is 0.0633. The number of carbonyl (C=O) groups is 1. The molecule has 1 saturated carbocycles. The Kier molecular flexibility index (Phi) is 6.85. The minimum Gasteiger partial charge on any atom is -0.353 e. The van der Waals surface area contributed by atoms with Crippen molar-refractivity contribution in [3.05, 3.63) is 65.7 Å². The highest BCUT2D eigenvalue weighted by Crippen LogP contribution is 2.43. The minimum atomic E-state index is -3.55. The Hall–Kier alpha value is -3.77. The molecule has 1 amide bonds. The fourth-order valence-corrected chi connectivity index (χ4v) is 3.95. The molecule has 0 atom stereocenters. The van der Waals surface area contributed by atoms with Crippen LogP contribution in [0.4, 0.5) is 33.1 Å². The smallest absolute Gasteiger partial charge is 0.278 e. The van der Waals surface area contributed by atoms with E-state index in [1.165, 1.54) is 36.8 Å². The number of rotatable bonds is 9. The molecule has 2 aromatic heterocycles. The Bertz CT molecular complexity index is 1350. The first-order valence-corrected chi connectivity index (χ1v) is 12.6. The van der Waals surface area contributed by atoms with Crippen molar-refractivity contribution < 1.29 is 22.4 Å². The summed E-state index contributed by atoms with van der Waals surface area (Å²) in [7, 11) is -0.763. The van der Waals surface area contributed by atoms with Gasteiger partial charge in [-0.15, -0.1) is 0 Å². The van der Waals surface area contributed by atoms with Crippen LogP contribution < -0.4 is 20.4 Å². The Morgan fingerprint density at radius 3 is 2.43 bits per heavy atom. The molecule has 0 radical (unpaired) electrons. The molecule has 4 rings (SSSR count). The standard InChI is InChI=1S/C23H25FN6O4S/c1-30(35(3,32)33)20-10-15(14-4-5-14)6-8-18(20)27-19-11-22(26-13-17(19)23(31)29-34-2)28-21-9-7-16(24)12-25-21/h6-14H,4-5H2,1-3H3,(H,29,31)(H2,25,26,27,28). The number of anilines is 5. The Morgan fingerprint density at radius 2 is 1.80 bits per heavy atom. The molecule has 35 heavy (non-hydrogen) atoms. The first-order valence-electron chi connectivity index (χ1n) is 10.7. The number of nitrogens with one attached hydrogen (secondary N) is 3. The van der Waals surface area contributed by atoms with Crippen LogP contribution in [0.3, 0.4) is 0 Å². The first-order chi connectivity index (χ1) is 16.7. The molecule has 0 bridgehead atoms. The van der Waals surface area contributed by atoms with Crippen molar-refractivity contribution in [1.29, 1.82) is 0 Å². The van der Waals surface area contributed by atoms with Gasteiger partial charge >= 0.3 is 0 Å². The molecule has 1 aromatic carbocycles. The van der Waals surface area contributed by atoms with Crippen LogP contribution in [0, 0.1) is 5.82 Å². The molecular formula is C23H25FN6O4S. The predicted molar refractivity (Wildman–Crippen MR) is 131 cm³/mol. The van der Waals surface area contributed by atoms with Crippen molar-refractivity contribution in [1.82, 2.24) is 15.4 Å². The molecule has 3 aromatic rings. The van der Waals surface area contributed by atoms with Gasteiger partial charge in [-0.25, -0.2) is 28.3 Å². The molecule has 184 valence electrons. The lowest BCUT2D eigenvalue weighted by atomic mass is 10.1. The van der Waals surface area contributed by atoms with E-state index < -0.39 is 21.7 Å². The van der Waals surface area contributed by atoms with Crippen molar-refractivity contribution >= 4 is 44.6 Å². The number of carbonyl (C=O) groups excluding carboxylic acids is 1. The third-order valence-electron chi connectivity index (χ3n) is 5.50. The van der Waals surface area contributed by atoms with E-state index in [4.69, 9.17) is 4.84 Å². The van der Waals surface area contributed by atoms with Gasteiger partial charge in [0.05, 0.1) is 42.2 Å². The van der Waals surface area contributed by atoms with Gasteiger partial charge in [0.15, 0.2) is 0 Å². The lowest BCUT2D eigenvalue weighted by molar-refractivity contribution is 0.0538. The minimum absolute atomic E-state index is 0.156. The van der Waals surface area contributed by atoms with Gasteiger partial charge in [0.25, 0.3) is 5.91 Å². The molecule has 0 spiro atoms. The summed E-state index contributed by atoms with van der Waals surface area (Å²) in [5, 5.41) is 6.12. The van der Waals surface area contributed by atoms with E-state index >= 15 is 0 Å². The van der Waals surface area contributed by atoms with Crippen molar-refractivity contribution in [2.75, 3.05) is 35.4 Å². The molecule has 0 aliphatic heterocycles. The third kappa shape index (κ3) is 5.84. The Balaban J connectivity index is 1.74. The second-order valence-electron chi connectivity index (χ2n) is 8.14. The summed E-state index contributed by atoms with van der Waals surface area (Å²) >= 11 is 0. The maximum absolute atomic E-state index is 13.2. The van der Waals surface area contributed by atoms with Crippen molar-refractivity contribution in [3.63, 3.8) is 0 Å². The van der Waals surface area contributed by atoms with Crippen molar-refractivity contribution in [3.8, 4) is 0 Å². The van der Waals surface area contributed by atoms with E-state index in [0.717, 1.165) is 30.9 Å². The molecule has 3 N–H and O–H groups in total. The van der Waals surface area contributed by atoms with Gasteiger partial charge < -0.3 is 10.6 Å². The highest BCUT2D eigenvalue weighted by Gasteiger charge is 2.26. The quantitative estimate of drug-likeness (QED) is 0.380. The van der Waals surface area contributed by atoms with Gasteiger partial charge in [-0.2, -0.15) is 0 Å². The Morgan fingerprint density at radius 1 is 1.06 bits per heavy atom. The van der Waals surface area contributed by atoms with E-state index in [-0.39, 0.29) is 5.56 Å². The number of aromatic nitrogens is 2. The maximum Gasteiger partial charge on any atom is 0.278 e. The molecule has 0 saturated heterocycles. The second kappa shape index (κ2) is 9.84. The molecule has 12 heteroatoms. The lowest BCUT2D eigenvalue weighted by Gasteiger charge is -2.23. The van der Waals surface area contributed by atoms with E-state index in [0.29, 0.717) is 34.6 Å². The van der Waals surface area contributed by atoms with Crippen LogP contribution in [-0.2, 0) is 14.9 Å². The summed E-state index contributed by atoms with van der Waals surface area (Å²) in [6.45, 7) is 0. The zero-order valence-electron chi connectivity index (χ0n) is 19.4. The largest absolute Gasteiger partial charge is 0.353 e. The lowest BCUT2D eigenvalue weighted by Crippen LogP contribution is -2.26. The molecule has 1 aliphatic rings. The van der Waals surface area contributed by atoms with Crippen LogP contribution in [0.25, 0.3) is 0 Å². The van der Waals surface area contributed by atoms with Gasteiger partial charge in [-0.05, 0) is 48.6 Å². The van der Waals surface area contributed by atoms with E-state index in [9.17, 15) is 17.6 Å². The second-order valence-corrected chi connectivity index (χ2v) is 10.2. The number of hydrogen-bond acceptors (Lipinski definition) is 8. The third-order valence-corrected chi connectivity index (χ3v) is 6.70. The fourth-order valence-electron chi connectivity index (χ4n) is 3.45. The molecule has 0 unspecified atom stereocenters. The van der Waals surface area contributed by atoms with Crippen LogP contribution in [0.5, 0.6) is 0 Å². The number of benzene rings is 1. The number of halogens is 1. The zero-order valence-corrected chi connectivity index (χ0v) is 20.2. The molecule has 10 nitrogen and oxygen atoms in total. The van der Waals surface area contributed by atoms with Gasteiger partial charge in [0, 0.05) is 19.3 Å². The summed E-state index contributed by atoms with van der Waals surface area (Å²) in [4.78, 5) is 25.5. The SMILES string of the molecule is CONC(=O)c1cnc(Nc2ccc(F)cn2)cc1Nc1ccc(C2CC2)cc1N(C)S(C)(=O)=O. The summed E-state index contributed by atoms with van der Waals surface area (Å²) in [6, 6.07) is 9.84. The first kappa shape index (κ1) is 24.4. The number of hydroxylamine groups is 1. The number of hydrogen-bond donors (Lipinski definition) is 3. The highest BCUT2D eigenvalue weighted by molar-refractivity contribution is 7.92. The molecule has 2 heterocycles.